The zero-order chi connectivity index (χ0) is 13.7. The van der Waals surface area contributed by atoms with Crippen molar-refractivity contribution in [3.63, 3.8) is 0 Å². The lowest BCUT2D eigenvalue weighted by molar-refractivity contribution is 0.199. The summed E-state index contributed by atoms with van der Waals surface area (Å²) in [7, 11) is 0. The summed E-state index contributed by atoms with van der Waals surface area (Å²) in [6.45, 7) is 13.0. The Labute approximate surface area is 116 Å². The molecule has 0 saturated carbocycles. The molecule has 2 rings (SSSR count). The van der Waals surface area contributed by atoms with Gasteiger partial charge in [-0.05, 0) is 26.1 Å². The van der Waals surface area contributed by atoms with Gasteiger partial charge in [0.1, 0.15) is 5.82 Å². The van der Waals surface area contributed by atoms with Crippen molar-refractivity contribution < 1.29 is 0 Å². The van der Waals surface area contributed by atoms with Crippen LogP contribution in [0.3, 0.4) is 0 Å². The van der Waals surface area contributed by atoms with Crippen LogP contribution in [0.2, 0.25) is 0 Å². The van der Waals surface area contributed by atoms with Crippen LogP contribution < -0.4 is 10.2 Å². The lowest BCUT2D eigenvalue weighted by atomic mass is 10.1. The second-order valence-electron chi connectivity index (χ2n) is 5.19. The summed E-state index contributed by atoms with van der Waals surface area (Å²) in [6, 6.07) is 4.82. The molecule has 19 heavy (non-hydrogen) atoms. The topological polar surface area (TPSA) is 31.4 Å². The summed E-state index contributed by atoms with van der Waals surface area (Å²) >= 11 is 0. The average molecular weight is 262 g/mol. The lowest BCUT2D eigenvalue weighted by Gasteiger charge is -2.40. The highest BCUT2D eigenvalue weighted by Crippen LogP contribution is 2.20. The fourth-order valence-corrected chi connectivity index (χ4v) is 2.77. The molecule has 1 saturated heterocycles. The van der Waals surface area contributed by atoms with E-state index in [1.807, 2.05) is 12.3 Å². The van der Waals surface area contributed by atoms with Gasteiger partial charge in [-0.15, -0.1) is 0 Å². The SMILES string of the molecule is CCNCc1cccnc1N1CCN(CC)C(C)C1. The summed E-state index contributed by atoms with van der Waals surface area (Å²) in [5, 5.41) is 3.40. The van der Waals surface area contributed by atoms with Crippen molar-refractivity contribution >= 4 is 5.82 Å². The molecule has 0 aliphatic carbocycles. The molecule has 1 atom stereocenters. The van der Waals surface area contributed by atoms with Gasteiger partial charge in [-0.3, -0.25) is 4.90 Å². The number of nitrogens with zero attached hydrogens (tertiary/aromatic N) is 3. The standard InChI is InChI=1S/C15H26N4/c1-4-16-11-14-7-6-8-17-15(14)19-10-9-18(5-2)13(3)12-19/h6-8,13,16H,4-5,9-12H2,1-3H3. The van der Waals surface area contributed by atoms with E-state index in [9.17, 15) is 0 Å². The Hall–Kier alpha value is -1.13. The molecular formula is C15H26N4. The summed E-state index contributed by atoms with van der Waals surface area (Å²) in [4.78, 5) is 9.57. The van der Waals surface area contributed by atoms with Gasteiger partial charge >= 0.3 is 0 Å². The highest BCUT2D eigenvalue weighted by molar-refractivity contribution is 5.47. The van der Waals surface area contributed by atoms with Crippen molar-refractivity contribution in [2.45, 2.75) is 33.4 Å². The molecule has 4 heteroatoms. The zero-order valence-corrected chi connectivity index (χ0v) is 12.4. The first-order valence-corrected chi connectivity index (χ1v) is 7.39. The van der Waals surface area contributed by atoms with Crippen molar-refractivity contribution in [3.8, 4) is 0 Å². The molecule has 0 radical (unpaired) electrons. The van der Waals surface area contributed by atoms with E-state index in [0.29, 0.717) is 6.04 Å². The van der Waals surface area contributed by atoms with E-state index < -0.39 is 0 Å². The van der Waals surface area contributed by atoms with Crippen molar-refractivity contribution in [2.24, 2.45) is 0 Å². The zero-order valence-electron chi connectivity index (χ0n) is 12.4. The molecule has 1 unspecified atom stereocenters. The van der Waals surface area contributed by atoms with Crippen LogP contribution in [0, 0.1) is 0 Å². The third-order valence-electron chi connectivity index (χ3n) is 3.90. The van der Waals surface area contributed by atoms with Crippen molar-refractivity contribution in [2.75, 3.05) is 37.6 Å². The normalized spacial score (nSPS) is 20.8. The van der Waals surface area contributed by atoms with Crippen molar-refractivity contribution in [1.82, 2.24) is 15.2 Å². The molecule has 1 N–H and O–H groups in total. The highest BCUT2D eigenvalue weighted by Gasteiger charge is 2.24. The van der Waals surface area contributed by atoms with Crippen molar-refractivity contribution in [1.29, 1.82) is 0 Å². The van der Waals surface area contributed by atoms with E-state index in [0.717, 1.165) is 45.1 Å². The van der Waals surface area contributed by atoms with Crippen LogP contribution in [0.1, 0.15) is 26.3 Å². The van der Waals surface area contributed by atoms with Crippen LogP contribution in [0.25, 0.3) is 0 Å². The minimum atomic E-state index is 0.604. The van der Waals surface area contributed by atoms with Gasteiger partial charge < -0.3 is 10.2 Å². The van der Waals surface area contributed by atoms with Gasteiger partial charge in [0, 0.05) is 44.0 Å². The minimum Gasteiger partial charge on any atom is -0.354 e. The van der Waals surface area contributed by atoms with E-state index in [1.165, 1.54) is 5.56 Å². The Morgan fingerprint density at radius 2 is 2.21 bits per heavy atom. The van der Waals surface area contributed by atoms with Gasteiger partial charge in [0.05, 0.1) is 0 Å². The molecule has 1 aromatic heterocycles. The lowest BCUT2D eigenvalue weighted by Crippen LogP contribution is -2.52. The average Bonchev–Trinajstić information content (AvgIpc) is 2.45. The van der Waals surface area contributed by atoms with Gasteiger partial charge in [0.2, 0.25) is 0 Å². The first-order chi connectivity index (χ1) is 9.26. The number of piperazine rings is 1. The Morgan fingerprint density at radius 3 is 2.89 bits per heavy atom. The van der Waals surface area contributed by atoms with E-state index in [2.05, 4.69) is 46.9 Å². The predicted octanol–water partition coefficient (Wildman–Crippen LogP) is 1.72. The number of aromatic nitrogens is 1. The number of pyridine rings is 1. The number of hydrogen-bond donors (Lipinski definition) is 1. The van der Waals surface area contributed by atoms with Crippen LogP contribution in [0.15, 0.2) is 18.3 Å². The maximum absolute atomic E-state index is 4.61. The molecule has 1 fully saturated rings. The summed E-state index contributed by atoms with van der Waals surface area (Å²) in [5.41, 5.74) is 1.31. The predicted molar refractivity (Wildman–Crippen MR) is 80.5 cm³/mol. The molecule has 106 valence electrons. The quantitative estimate of drug-likeness (QED) is 0.875. The maximum Gasteiger partial charge on any atom is 0.133 e. The van der Waals surface area contributed by atoms with Crippen LogP contribution in [0.5, 0.6) is 0 Å². The summed E-state index contributed by atoms with van der Waals surface area (Å²) in [6.07, 6.45) is 1.90. The van der Waals surface area contributed by atoms with Crippen LogP contribution in [-0.2, 0) is 6.54 Å². The number of nitrogens with one attached hydrogen (secondary N) is 1. The molecule has 1 aliphatic rings. The van der Waals surface area contributed by atoms with Crippen molar-refractivity contribution in [3.05, 3.63) is 23.9 Å². The third-order valence-corrected chi connectivity index (χ3v) is 3.90. The second kappa shape index (κ2) is 6.87. The number of anilines is 1. The fourth-order valence-electron chi connectivity index (χ4n) is 2.77. The smallest absolute Gasteiger partial charge is 0.133 e. The number of hydrogen-bond acceptors (Lipinski definition) is 4. The van der Waals surface area contributed by atoms with Gasteiger partial charge in [-0.2, -0.15) is 0 Å². The molecule has 0 amide bonds. The van der Waals surface area contributed by atoms with Crippen LogP contribution in [0.4, 0.5) is 5.82 Å². The minimum absolute atomic E-state index is 0.604. The Bertz CT molecular complexity index is 393. The molecule has 0 aromatic carbocycles. The van der Waals surface area contributed by atoms with Crippen LogP contribution in [-0.4, -0.2) is 48.6 Å². The molecule has 1 aliphatic heterocycles. The fraction of sp³-hybridized carbons (Fsp3) is 0.667. The highest BCUT2D eigenvalue weighted by atomic mass is 15.3. The summed E-state index contributed by atoms with van der Waals surface area (Å²) in [5.74, 6) is 1.16. The molecule has 1 aromatic rings. The summed E-state index contributed by atoms with van der Waals surface area (Å²) < 4.78 is 0. The molecule has 4 nitrogen and oxygen atoms in total. The Kier molecular flexibility index (Phi) is 5.16. The number of likely N-dealkylation sites (N-methyl/N-ethyl adjacent to an activating group) is 1. The molecule has 0 bridgehead atoms. The molecule has 2 heterocycles. The largest absolute Gasteiger partial charge is 0.354 e. The van der Waals surface area contributed by atoms with Gasteiger partial charge in [-0.25, -0.2) is 4.98 Å². The molecule has 0 spiro atoms. The maximum atomic E-state index is 4.61. The van der Waals surface area contributed by atoms with Gasteiger partial charge in [0.25, 0.3) is 0 Å². The molecular weight excluding hydrogens is 236 g/mol. The Balaban J connectivity index is 2.09. The number of rotatable bonds is 5. The van der Waals surface area contributed by atoms with E-state index in [-0.39, 0.29) is 0 Å². The first kappa shape index (κ1) is 14.3. The monoisotopic (exact) mass is 262 g/mol. The second-order valence-corrected chi connectivity index (χ2v) is 5.19. The van der Waals surface area contributed by atoms with Crippen LogP contribution >= 0.6 is 0 Å². The van der Waals surface area contributed by atoms with Gasteiger partial charge in [0.15, 0.2) is 0 Å². The third kappa shape index (κ3) is 3.45. The Morgan fingerprint density at radius 1 is 1.37 bits per heavy atom. The van der Waals surface area contributed by atoms with Gasteiger partial charge in [-0.1, -0.05) is 19.9 Å². The van der Waals surface area contributed by atoms with E-state index in [4.69, 9.17) is 0 Å². The van der Waals surface area contributed by atoms with E-state index in [1.54, 1.807) is 0 Å². The first-order valence-electron chi connectivity index (χ1n) is 7.39. The van der Waals surface area contributed by atoms with E-state index >= 15 is 0 Å².